The van der Waals surface area contributed by atoms with E-state index in [1.54, 1.807) is 0 Å². The first-order valence-electron chi connectivity index (χ1n) is 10.1. The van der Waals surface area contributed by atoms with Crippen LogP contribution in [0.15, 0.2) is 4.79 Å². The van der Waals surface area contributed by atoms with Crippen LogP contribution in [0.1, 0.15) is 63.3 Å². The lowest BCUT2D eigenvalue weighted by atomic mass is 9.96. The number of nitrogens with one attached hydrogen (secondary N) is 2. The summed E-state index contributed by atoms with van der Waals surface area (Å²) in [6.45, 7) is 4.88. The number of thiophene rings is 1. The van der Waals surface area contributed by atoms with Crippen LogP contribution in [-0.4, -0.2) is 21.6 Å². The molecular weight excluding hydrogens is 360 g/mol. The van der Waals surface area contributed by atoms with Gasteiger partial charge in [-0.3, -0.25) is 14.7 Å². The van der Waals surface area contributed by atoms with Crippen LogP contribution in [0.3, 0.4) is 0 Å². The summed E-state index contributed by atoms with van der Waals surface area (Å²) < 4.78 is 1.84. The van der Waals surface area contributed by atoms with Crippen LogP contribution in [0.2, 0.25) is 0 Å². The van der Waals surface area contributed by atoms with Crippen molar-refractivity contribution in [3.8, 4) is 0 Å². The van der Waals surface area contributed by atoms with Crippen LogP contribution >= 0.6 is 11.3 Å². The second-order valence-corrected chi connectivity index (χ2v) is 9.09. The van der Waals surface area contributed by atoms with Crippen LogP contribution in [0, 0.1) is 12.8 Å². The maximum absolute atomic E-state index is 13.1. The van der Waals surface area contributed by atoms with Crippen molar-refractivity contribution in [2.24, 2.45) is 5.92 Å². The van der Waals surface area contributed by atoms with Crippen LogP contribution in [0.25, 0.3) is 10.2 Å². The standard InChI is InChI=1S/C20H28N4O2S/c1-12-8-9-15-22-18-16(19(25)24(15)11-10-12)13(2)17(27-18)23-20(26)21-14-6-4-3-5-7-14/h12,14H,3-11H2,1-2H3,(H2,21,23,26)/t12-/m1/s1. The Morgan fingerprint density at radius 2 is 1.96 bits per heavy atom. The van der Waals surface area contributed by atoms with E-state index in [2.05, 4.69) is 17.6 Å². The molecule has 3 heterocycles. The third kappa shape index (κ3) is 3.74. The number of aromatic nitrogens is 2. The Morgan fingerprint density at radius 1 is 1.19 bits per heavy atom. The number of hydrogen-bond donors (Lipinski definition) is 2. The second-order valence-electron chi connectivity index (χ2n) is 8.09. The summed E-state index contributed by atoms with van der Waals surface area (Å²) in [6, 6.07) is 0.0854. The lowest BCUT2D eigenvalue weighted by Gasteiger charge is -2.22. The minimum Gasteiger partial charge on any atom is -0.335 e. The van der Waals surface area contributed by atoms with Gasteiger partial charge >= 0.3 is 6.03 Å². The van der Waals surface area contributed by atoms with E-state index in [1.165, 1.54) is 30.6 Å². The van der Waals surface area contributed by atoms with E-state index < -0.39 is 0 Å². The Bertz CT molecular complexity index is 911. The Labute approximate surface area is 163 Å². The predicted molar refractivity (Wildman–Crippen MR) is 110 cm³/mol. The molecule has 2 aromatic heterocycles. The predicted octanol–water partition coefficient (Wildman–Crippen LogP) is 4.19. The van der Waals surface area contributed by atoms with Gasteiger partial charge in [-0.05, 0) is 44.1 Å². The van der Waals surface area contributed by atoms with Gasteiger partial charge in [0.2, 0.25) is 0 Å². The minimum absolute atomic E-state index is 0.0404. The molecule has 7 heteroatoms. The topological polar surface area (TPSA) is 76.0 Å². The lowest BCUT2D eigenvalue weighted by Crippen LogP contribution is -2.38. The fraction of sp³-hybridized carbons (Fsp3) is 0.650. The number of nitrogens with zero attached hydrogens (tertiary/aromatic N) is 2. The normalized spacial score (nSPS) is 20.9. The third-order valence-electron chi connectivity index (χ3n) is 6.00. The SMILES string of the molecule is Cc1c(NC(=O)NC2CCCCC2)sc2nc3n(c(=O)c12)CC[C@H](C)CC3. The molecule has 1 saturated carbocycles. The van der Waals surface area contributed by atoms with Gasteiger partial charge in [0.1, 0.15) is 15.7 Å². The van der Waals surface area contributed by atoms with E-state index in [-0.39, 0.29) is 17.6 Å². The zero-order chi connectivity index (χ0) is 19.0. The number of rotatable bonds is 2. The van der Waals surface area contributed by atoms with E-state index in [0.29, 0.717) is 11.3 Å². The molecule has 2 N–H and O–H groups in total. The number of aryl methyl sites for hydroxylation is 2. The van der Waals surface area contributed by atoms with Gasteiger partial charge in [0, 0.05) is 19.0 Å². The van der Waals surface area contributed by atoms with Crippen molar-refractivity contribution in [3.05, 3.63) is 21.7 Å². The molecule has 0 radical (unpaired) electrons. The molecule has 4 rings (SSSR count). The van der Waals surface area contributed by atoms with Gasteiger partial charge in [0.25, 0.3) is 5.56 Å². The molecule has 1 aliphatic heterocycles. The highest BCUT2D eigenvalue weighted by molar-refractivity contribution is 7.22. The van der Waals surface area contributed by atoms with E-state index in [0.717, 1.165) is 59.9 Å². The summed E-state index contributed by atoms with van der Waals surface area (Å²) >= 11 is 1.41. The third-order valence-corrected chi connectivity index (χ3v) is 7.10. The van der Waals surface area contributed by atoms with Crippen molar-refractivity contribution < 1.29 is 4.79 Å². The Kier molecular flexibility index (Phi) is 5.21. The van der Waals surface area contributed by atoms with Gasteiger partial charge in [0.05, 0.1) is 5.39 Å². The number of urea groups is 1. The molecule has 2 aromatic rings. The van der Waals surface area contributed by atoms with E-state index in [1.807, 2.05) is 11.5 Å². The van der Waals surface area contributed by atoms with E-state index >= 15 is 0 Å². The van der Waals surface area contributed by atoms with Gasteiger partial charge in [-0.25, -0.2) is 9.78 Å². The highest BCUT2D eigenvalue weighted by Crippen LogP contribution is 2.33. The first kappa shape index (κ1) is 18.5. The molecule has 1 atom stereocenters. The molecule has 0 aromatic carbocycles. The van der Waals surface area contributed by atoms with Crippen molar-refractivity contribution in [1.82, 2.24) is 14.9 Å². The fourth-order valence-corrected chi connectivity index (χ4v) is 5.33. The maximum Gasteiger partial charge on any atom is 0.320 e. The summed E-state index contributed by atoms with van der Waals surface area (Å²) in [7, 11) is 0. The number of amides is 2. The van der Waals surface area contributed by atoms with Crippen molar-refractivity contribution in [3.63, 3.8) is 0 Å². The number of fused-ring (bicyclic) bond motifs is 2. The second kappa shape index (κ2) is 7.62. The molecule has 0 spiro atoms. The van der Waals surface area contributed by atoms with Gasteiger partial charge < -0.3 is 5.32 Å². The monoisotopic (exact) mass is 388 g/mol. The molecule has 1 fully saturated rings. The van der Waals surface area contributed by atoms with Crippen LogP contribution < -0.4 is 16.2 Å². The number of anilines is 1. The zero-order valence-electron chi connectivity index (χ0n) is 16.1. The number of carbonyl (C=O) groups is 1. The molecule has 0 saturated heterocycles. The van der Waals surface area contributed by atoms with Gasteiger partial charge in [-0.2, -0.15) is 0 Å². The smallest absolute Gasteiger partial charge is 0.320 e. The average Bonchev–Trinajstić information content (AvgIpc) is 2.82. The van der Waals surface area contributed by atoms with Crippen LogP contribution in [0.5, 0.6) is 0 Å². The molecule has 1 aliphatic carbocycles. The first-order valence-corrected chi connectivity index (χ1v) is 10.9. The summed E-state index contributed by atoms with van der Waals surface area (Å²) in [5.41, 5.74) is 0.873. The Hall–Kier alpha value is -1.89. The summed E-state index contributed by atoms with van der Waals surface area (Å²) in [4.78, 5) is 31.0. The summed E-state index contributed by atoms with van der Waals surface area (Å²) in [6.07, 6.45) is 8.63. The molecule has 6 nitrogen and oxygen atoms in total. The Balaban J connectivity index is 1.59. The van der Waals surface area contributed by atoms with E-state index in [9.17, 15) is 9.59 Å². The largest absolute Gasteiger partial charge is 0.335 e. The van der Waals surface area contributed by atoms with E-state index in [4.69, 9.17) is 4.98 Å². The molecule has 0 bridgehead atoms. The number of hydrogen-bond acceptors (Lipinski definition) is 4. The average molecular weight is 389 g/mol. The molecular formula is C20H28N4O2S. The highest BCUT2D eigenvalue weighted by atomic mass is 32.1. The molecule has 2 aliphatic rings. The highest BCUT2D eigenvalue weighted by Gasteiger charge is 2.22. The first-order chi connectivity index (χ1) is 13.0. The van der Waals surface area contributed by atoms with Gasteiger partial charge in [-0.15, -0.1) is 0 Å². The minimum atomic E-state index is -0.174. The summed E-state index contributed by atoms with van der Waals surface area (Å²) in [5.74, 6) is 1.50. The quantitative estimate of drug-likeness (QED) is 0.810. The van der Waals surface area contributed by atoms with Crippen molar-refractivity contribution in [2.75, 3.05) is 5.32 Å². The zero-order valence-corrected chi connectivity index (χ0v) is 17.0. The molecule has 2 amide bonds. The van der Waals surface area contributed by atoms with Crippen molar-refractivity contribution >= 4 is 32.6 Å². The van der Waals surface area contributed by atoms with Crippen molar-refractivity contribution in [1.29, 1.82) is 0 Å². The van der Waals surface area contributed by atoms with Crippen molar-refractivity contribution in [2.45, 2.75) is 77.8 Å². The fourth-order valence-electron chi connectivity index (χ4n) is 4.24. The molecule has 0 unspecified atom stereocenters. The molecule has 146 valence electrons. The maximum atomic E-state index is 13.1. The van der Waals surface area contributed by atoms with Crippen LogP contribution in [0.4, 0.5) is 9.80 Å². The van der Waals surface area contributed by atoms with Crippen LogP contribution in [-0.2, 0) is 13.0 Å². The lowest BCUT2D eigenvalue weighted by molar-refractivity contribution is 0.244. The van der Waals surface area contributed by atoms with Gasteiger partial charge in [0.15, 0.2) is 0 Å². The Morgan fingerprint density at radius 3 is 2.74 bits per heavy atom. The molecule has 27 heavy (non-hydrogen) atoms. The number of carbonyl (C=O) groups excluding carboxylic acids is 1. The summed E-state index contributed by atoms with van der Waals surface area (Å²) in [5, 5.41) is 7.43. The van der Waals surface area contributed by atoms with Gasteiger partial charge in [-0.1, -0.05) is 37.5 Å².